The summed E-state index contributed by atoms with van der Waals surface area (Å²) < 4.78 is 10.9. The molecule has 0 spiro atoms. The summed E-state index contributed by atoms with van der Waals surface area (Å²) in [6, 6.07) is 12.7. The first-order valence-electron chi connectivity index (χ1n) is 10.8. The Morgan fingerprint density at radius 1 is 1.10 bits per heavy atom. The largest absolute Gasteiger partial charge is 0.467 e. The molecule has 1 saturated heterocycles. The monoisotopic (exact) mass is 398 g/mol. The highest BCUT2D eigenvalue weighted by molar-refractivity contribution is 5.79. The summed E-state index contributed by atoms with van der Waals surface area (Å²) in [5, 5.41) is 6.68. The van der Waals surface area contributed by atoms with Gasteiger partial charge in [-0.3, -0.25) is 4.90 Å². The Balaban J connectivity index is 1.36. The van der Waals surface area contributed by atoms with E-state index in [0.29, 0.717) is 19.8 Å². The van der Waals surface area contributed by atoms with Crippen LogP contribution in [0, 0.1) is 0 Å². The van der Waals surface area contributed by atoms with E-state index >= 15 is 0 Å². The van der Waals surface area contributed by atoms with Gasteiger partial charge in [0.2, 0.25) is 0 Å². The second kappa shape index (κ2) is 12.3. The van der Waals surface area contributed by atoms with E-state index in [1.807, 2.05) is 12.1 Å². The van der Waals surface area contributed by atoms with Crippen LogP contribution < -0.4 is 10.6 Å². The molecule has 2 aromatic rings. The quantitative estimate of drug-likeness (QED) is 0.344. The van der Waals surface area contributed by atoms with Crippen molar-refractivity contribution in [2.45, 2.75) is 45.9 Å². The molecule has 0 aliphatic carbocycles. The number of hydrogen-bond acceptors (Lipinski definition) is 4. The summed E-state index contributed by atoms with van der Waals surface area (Å²) in [5.41, 5.74) is 2.62. The fraction of sp³-hybridized carbons (Fsp3) is 0.522. The normalized spacial score (nSPS) is 15.0. The summed E-state index contributed by atoms with van der Waals surface area (Å²) in [5.74, 6) is 1.71. The summed E-state index contributed by atoms with van der Waals surface area (Å²) in [6.07, 6.45) is 5.25. The zero-order valence-electron chi connectivity index (χ0n) is 17.5. The van der Waals surface area contributed by atoms with Gasteiger partial charge >= 0.3 is 0 Å². The maximum Gasteiger partial charge on any atom is 0.191 e. The van der Waals surface area contributed by atoms with Crippen molar-refractivity contribution in [2.75, 3.05) is 32.8 Å². The molecule has 1 fully saturated rings. The summed E-state index contributed by atoms with van der Waals surface area (Å²) in [6.45, 7) is 9.16. The van der Waals surface area contributed by atoms with Crippen molar-refractivity contribution in [3.05, 3.63) is 59.5 Å². The van der Waals surface area contributed by atoms with Gasteiger partial charge in [-0.15, -0.1) is 0 Å². The van der Waals surface area contributed by atoms with Gasteiger partial charge in [-0.25, -0.2) is 4.99 Å². The van der Waals surface area contributed by atoms with E-state index in [1.165, 1.54) is 37.1 Å². The third-order valence-corrected chi connectivity index (χ3v) is 4.97. The molecule has 1 aliphatic rings. The lowest BCUT2D eigenvalue weighted by Crippen LogP contribution is -2.38. The van der Waals surface area contributed by atoms with Crippen molar-refractivity contribution in [3.8, 4) is 0 Å². The molecule has 1 aliphatic heterocycles. The smallest absolute Gasteiger partial charge is 0.191 e. The number of nitrogens with one attached hydrogen (secondary N) is 2. The SMILES string of the molecule is CCNC(=NCc1ccc(CN2CCCC2)cc1)NCCCOCc1ccco1. The Morgan fingerprint density at radius 2 is 1.90 bits per heavy atom. The van der Waals surface area contributed by atoms with Crippen molar-refractivity contribution >= 4 is 5.96 Å². The van der Waals surface area contributed by atoms with Crippen LogP contribution in [0.15, 0.2) is 52.1 Å². The lowest BCUT2D eigenvalue weighted by Gasteiger charge is -2.14. The Labute approximate surface area is 174 Å². The standard InChI is InChI=1S/C23H34N4O2/c1-2-24-23(25-12-6-15-28-19-22-7-5-16-29-22)26-17-20-8-10-21(11-9-20)18-27-13-3-4-14-27/h5,7-11,16H,2-4,6,12-15,17-19H2,1H3,(H2,24,25,26). The number of aliphatic imine (C=N–C) groups is 1. The third kappa shape index (κ3) is 7.91. The van der Waals surface area contributed by atoms with Gasteiger partial charge in [0, 0.05) is 26.2 Å². The topological polar surface area (TPSA) is 62.0 Å². The first-order chi connectivity index (χ1) is 14.3. The van der Waals surface area contributed by atoms with E-state index in [2.05, 4.69) is 46.7 Å². The molecule has 1 aromatic heterocycles. The maximum atomic E-state index is 5.61. The maximum absolute atomic E-state index is 5.61. The molecule has 2 heterocycles. The van der Waals surface area contributed by atoms with E-state index in [4.69, 9.17) is 14.1 Å². The van der Waals surface area contributed by atoms with Crippen LogP contribution >= 0.6 is 0 Å². The number of guanidine groups is 1. The zero-order valence-corrected chi connectivity index (χ0v) is 17.5. The molecular formula is C23H34N4O2. The van der Waals surface area contributed by atoms with Crippen molar-refractivity contribution in [3.63, 3.8) is 0 Å². The first-order valence-corrected chi connectivity index (χ1v) is 10.8. The highest BCUT2D eigenvalue weighted by atomic mass is 16.5. The molecule has 2 N–H and O–H groups in total. The number of rotatable bonds is 11. The van der Waals surface area contributed by atoms with Crippen molar-refractivity contribution in [1.82, 2.24) is 15.5 Å². The molecule has 0 saturated carbocycles. The highest BCUT2D eigenvalue weighted by Crippen LogP contribution is 2.13. The number of likely N-dealkylation sites (tertiary alicyclic amines) is 1. The van der Waals surface area contributed by atoms with Crippen molar-refractivity contribution in [1.29, 1.82) is 0 Å². The van der Waals surface area contributed by atoms with Gasteiger partial charge in [-0.1, -0.05) is 24.3 Å². The second-order valence-corrected chi connectivity index (χ2v) is 7.41. The molecule has 29 heavy (non-hydrogen) atoms. The van der Waals surface area contributed by atoms with Gasteiger partial charge in [0.15, 0.2) is 5.96 Å². The Morgan fingerprint density at radius 3 is 2.62 bits per heavy atom. The van der Waals surface area contributed by atoms with Gasteiger partial charge in [-0.2, -0.15) is 0 Å². The fourth-order valence-corrected chi connectivity index (χ4v) is 3.41. The highest BCUT2D eigenvalue weighted by Gasteiger charge is 2.11. The number of hydrogen-bond donors (Lipinski definition) is 2. The molecule has 158 valence electrons. The third-order valence-electron chi connectivity index (χ3n) is 4.97. The predicted molar refractivity (Wildman–Crippen MR) is 117 cm³/mol. The first kappa shape index (κ1) is 21.4. The molecule has 0 unspecified atom stereocenters. The van der Waals surface area contributed by atoms with Crippen LogP contribution in [-0.4, -0.2) is 43.6 Å². The number of furan rings is 1. The summed E-state index contributed by atoms with van der Waals surface area (Å²) in [7, 11) is 0. The molecule has 6 nitrogen and oxygen atoms in total. The predicted octanol–water partition coefficient (Wildman–Crippen LogP) is 3.54. The van der Waals surface area contributed by atoms with Crippen LogP contribution in [0.3, 0.4) is 0 Å². The second-order valence-electron chi connectivity index (χ2n) is 7.41. The number of ether oxygens (including phenoxy) is 1. The molecule has 0 bridgehead atoms. The van der Waals surface area contributed by atoms with Gasteiger partial charge in [0.25, 0.3) is 0 Å². The molecule has 0 radical (unpaired) electrons. The lowest BCUT2D eigenvalue weighted by atomic mass is 10.1. The van der Waals surface area contributed by atoms with Gasteiger partial charge in [0.1, 0.15) is 12.4 Å². The van der Waals surface area contributed by atoms with E-state index in [-0.39, 0.29) is 0 Å². The van der Waals surface area contributed by atoms with E-state index in [9.17, 15) is 0 Å². The average molecular weight is 399 g/mol. The lowest BCUT2D eigenvalue weighted by molar-refractivity contribution is 0.105. The van der Waals surface area contributed by atoms with Gasteiger partial charge < -0.3 is 19.8 Å². The Kier molecular flexibility index (Phi) is 9.07. The van der Waals surface area contributed by atoms with Crippen LogP contribution in [0.5, 0.6) is 0 Å². The molecular weight excluding hydrogens is 364 g/mol. The van der Waals surface area contributed by atoms with Crippen LogP contribution in [0.25, 0.3) is 0 Å². The molecule has 0 amide bonds. The molecule has 3 rings (SSSR count). The minimum absolute atomic E-state index is 0.523. The zero-order chi connectivity index (χ0) is 20.2. The van der Waals surface area contributed by atoms with Crippen LogP contribution in [0.1, 0.15) is 43.1 Å². The van der Waals surface area contributed by atoms with E-state index in [0.717, 1.165) is 37.8 Å². The van der Waals surface area contributed by atoms with Crippen LogP contribution in [0.2, 0.25) is 0 Å². The van der Waals surface area contributed by atoms with Crippen LogP contribution in [0.4, 0.5) is 0 Å². The minimum Gasteiger partial charge on any atom is -0.467 e. The fourth-order valence-electron chi connectivity index (χ4n) is 3.41. The van der Waals surface area contributed by atoms with E-state index in [1.54, 1.807) is 6.26 Å². The van der Waals surface area contributed by atoms with Gasteiger partial charge in [0.05, 0.1) is 12.8 Å². The molecule has 0 atom stereocenters. The average Bonchev–Trinajstić information content (AvgIpc) is 3.44. The summed E-state index contributed by atoms with van der Waals surface area (Å²) in [4.78, 5) is 7.23. The van der Waals surface area contributed by atoms with Crippen molar-refractivity contribution in [2.24, 2.45) is 4.99 Å². The number of nitrogens with zero attached hydrogens (tertiary/aromatic N) is 2. The van der Waals surface area contributed by atoms with Crippen molar-refractivity contribution < 1.29 is 9.15 Å². The Hall–Kier alpha value is -2.31. The molecule has 6 heteroatoms. The minimum atomic E-state index is 0.523. The summed E-state index contributed by atoms with van der Waals surface area (Å²) >= 11 is 0. The van der Waals surface area contributed by atoms with Gasteiger partial charge in [-0.05, 0) is 62.5 Å². The van der Waals surface area contributed by atoms with E-state index < -0.39 is 0 Å². The number of benzene rings is 1. The Bertz CT molecular complexity index is 707. The van der Waals surface area contributed by atoms with Crippen LogP contribution in [-0.2, 0) is 24.4 Å². The molecule has 1 aromatic carbocycles.